The topological polar surface area (TPSA) is 93.1 Å². The summed E-state index contributed by atoms with van der Waals surface area (Å²) in [7, 11) is 2.72. The molecule has 2 N–H and O–H groups in total. The Bertz CT molecular complexity index is 1100. The maximum Gasteiger partial charge on any atom is 0.339 e. The van der Waals surface area contributed by atoms with Crippen molar-refractivity contribution in [3.8, 4) is 11.5 Å². The summed E-state index contributed by atoms with van der Waals surface area (Å²) >= 11 is 12.8. The number of carboxylic acids is 2. The smallest absolute Gasteiger partial charge is 0.339 e. The number of rotatable bonds is 20. The predicted molar refractivity (Wildman–Crippen MR) is 167 cm³/mol. The van der Waals surface area contributed by atoms with E-state index in [2.05, 4.69) is 6.92 Å². The van der Waals surface area contributed by atoms with Crippen molar-refractivity contribution in [1.29, 1.82) is 0 Å². The molecule has 0 bridgehead atoms. The van der Waals surface area contributed by atoms with Crippen LogP contribution >= 0.6 is 23.2 Å². The maximum atomic E-state index is 11.9. The molecule has 0 unspecified atom stereocenters. The third kappa shape index (κ3) is 10.9. The second-order valence-corrected chi connectivity index (χ2v) is 11.2. The van der Waals surface area contributed by atoms with Crippen molar-refractivity contribution in [3.63, 3.8) is 0 Å². The standard InChI is InChI=1S/C33H44Cl2O6/c1-4-5-6-7-8-9-10-11-12-13-14-15-16-17-18-25(23-19-26(32(36)37)30(40-2)28(34)21-23)24-20-27(33(38)39)31(41-3)29(35)22-24/h18-22H,4-17H2,1-3H3,(H,36,37)(H,38,39). The highest BCUT2D eigenvalue weighted by Gasteiger charge is 2.21. The third-order valence-electron chi connectivity index (χ3n) is 7.23. The fourth-order valence-electron chi connectivity index (χ4n) is 5.04. The Kier molecular flexibility index (Phi) is 15.7. The lowest BCUT2D eigenvalue weighted by atomic mass is 9.93. The quantitative estimate of drug-likeness (QED) is 0.146. The Morgan fingerprint density at radius 3 is 1.37 bits per heavy atom. The number of carbonyl (C=O) groups is 2. The van der Waals surface area contributed by atoms with Crippen LogP contribution in [-0.4, -0.2) is 36.4 Å². The molecule has 0 saturated carbocycles. The Balaban J connectivity index is 2.13. The summed E-state index contributed by atoms with van der Waals surface area (Å²) in [5, 5.41) is 19.8. The van der Waals surface area contributed by atoms with Gasteiger partial charge in [0.15, 0.2) is 11.5 Å². The molecule has 2 rings (SSSR count). The minimum absolute atomic E-state index is 0.0674. The van der Waals surface area contributed by atoms with Crippen LogP contribution < -0.4 is 9.47 Å². The van der Waals surface area contributed by atoms with E-state index in [9.17, 15) is 19.8 Å². The molecule has 41 heavy (non-hydrogen) atoms. The molecule has 8 heteroatoms. The van der Waals surface area contributed by atoms with Gasteiger partial charge in [0.1, 0.15) is 11.1 Å². The van der Waals surface area contributed by atoms with E-state index in [1.807, 2.05) is 6.08 Å². The molecule has 2 aromatic carbocycles. The average Bonchev–Trinajstić information content (AvgIpc) is 2.94. The summed E-state index contributed by atoms with van der Waals surface area (Å²) in [5.74, 6) is -2.23. The largest absolute Gasteiger partial charge is 0.494 e. The van der Waals surface area contributed by atoms with Gasteiger partial charge >= 0.3 is 11.9 Å². The van der Waals surface area contributed by atoms with Crippen LogP contribution in [0.3, 0.4) is 0 Å². The zero-order valence-electron chi connectivity index (χ0n) is 24.6. The number of unbranched alkanes of at least 4 members (excludes halogenated alkanes) is 13. The van der Waals surface area contributed by atoms with Crippen molar-refractivity contribution in [2.24, 2.45) is 0 Å². The molecule has 0 aromatic heterocycles. The highest BCUT2D eigenvalue weighted by atomic mass is 35.5. The van der Waals surface area contributed by atoms with Gasteiger partial charge in [0, 0.05) is 0 Å². The van der Waals surface area contributed by atoms with Crippen molar-refractivity contribution in [1.82, 2.24) is 0 Å². The lowest BCUT2D eigenvalue weighted by Crippen LogP contribution is -2.05. The third-order valence-corrected chi connectivity index (χ3v) is 7.80. The van der Waals surface area contributed by atoms with Gasteiger partial charge in [-0.3, -0.25) is 0 Å². The van der Waals surface area contributed by atoms with E-state index < -0.39 is 11.9 Å². The normalized spacial score (nSPS) is 10.9. The zero-order chi connectivity index (χ0) is 30.2. The molecular weight excluding hydrogens is 563 g/mol. The van der Waals surface area contributed by atoms with Gasteiger partial charge in [0.05, 0.1) is 24.3 Å². The number of carboxylic acid groups (broad SMARTS) is 2. The van der Waals surface area contributed by atoms with Crippen molar-refractivity contribution in [2.75, 3.05) is 14.2 Å². The highest BCUT2D eigenvalue weighted by Crippen LogP contribution is 2.38. The van der Waals surface area contributed by atoms with Gasteiger partial charge < -0.3 is 19.7 Å². The van der Waals surface area contributed by atoms with E-state index in [4.69, 9.17) is 32.7 Å². The summed E-state index contributed by atoms with van der Waals surface area (Å²) in [6.45, 7) is 2.25. The van der Waals surface area contributed by atoms with Crippen LogP contribution in [0.4, 0.5) is 0 Å². The number of hydrogen-bond donors (Lipinski definition) is 2. The molecule has 0 radical (unpaired) electrons. The lowest BCUT2D eigenvalue weighted by molar-refractivity contribution is 0.0682. The molecule has 2 aromatic rings. The van der Waals surface area contributed by atoms with E-state index in [0.29, 0.717) is 16.7 Å². The molecule has 0 amide bonds. The fraction of sp³-hybridized carbons (Fsp3) is 0.515. The van der Waals surface area contributed by atoms with E-state index in [1.54, 1.807) is 12.1 Å². The van der Waals surface area contributed by atoms with Crippen LogP contribution in [0.2, 0.25) is 10.0 Å². The van der Waals surface area contributed by atoms with Gasteiger partial charge in [-0.05, 0) is 53.8 Å². The first-order chi connectivity index (χ1) is 19.7. The summed E-state index contributed by atoms with van der Waals surface area (Å²) < 4.78 is 10.4. The molecule has 0 aliphatic carbocycles. The minimum atomic E-state index is -1.18. The Hall–Kier alpha value is -2.70. The number of halogens is 2. The van der Waals surface area contributed by atoms with Crippen molar-refractivity contribution >= 4 is 40.7 Å². The zero-order valence-corrected chi connectivity index (χ0v) is 26.1. The number of benzene rings is 2. The SMILES string of the molecule is CCCCCCCCCCCCCCCC=C(c1cc(Cl)c(OC)c(C(=O)O)c1)c1cc(Cl)c(OC)c(C(=O)O)c1. The van der Waals surface area contributed by atoms with Crippen LogP contribution in [-0.2, 0) is 0 Å². The van der Waals surface area contributed by atoms with E-state index in [-0.39, 0.29) is 32.7 Å². The average molecular weight is 608 g/mol. The van der Waals surface area contributed by atoms with Crippen LogP contribution in [0.5, 0.6) is 11.5 Å². The molecule has 6 nitrogen and oxygen atoms in total. The van der Waals surface area contributed by atoms with E-state index >= 15 is 0 Å². The Labute approximate surface area is 254 Å². The van der Waals surface area contributed by atoms with Gasteiger partial charge in [0.2, 0.25) is 0 Å². The number of aromatic carboxylic acids is 2. The second kappa shape index (κ2) is 18.7. The summed E-state index contributed by atoms with van der Waals surface area (Å²) in [6, 6.07) is 6.23. The molecule has 0 fully saturated rings. The first-order valence-electron chi connectivity index (χ1n) is 14.7. The van der Waals surface area contributed by atoms with E-state index in [0.717, 1.165) is 25.7 Å². The van der Waals surface area contributed by atoms with Gasteiger partial charge in [-0.25, -0.2) is 9.59 Å². The number of methoxy groups -OCH3 is 2. The highest BCUT2D eigenvalue weighted by molar-refractivity contribution is 6.33. The molecule has 226 valence electrons. The minimum Gasteiger partial charge on any atom is -0.494 e. The Morgan fingerprint density at radius 1 is 0.659 bits per heavy atom. The summed E-state index contributed by atoms with van der Waals surface area (Å²) in [4.78, 5) is 23.9. The van der Waals surface area contributed by atoms with Crippen molar-refractivity contribution in [3.05, 3.63) is 62.6 Å². The number of allylic oxidation sites excluding steroid dienone is 1. The molecule has 0 atom stereocenters. The molecule has 0 heterocycles. The summed E-state index contributed by atoms with van der Waals surface area (Å²) in [5.41, 5.74) is 1.53. The van der Waals surface area contributed by atoms with Crippen LogP contribution in [0.15, 0.2) is 30.3 Å². The first-order valence-corrected chi connectivity index (χ1v) is 15.4. The van der Waals surface area contributed by atoms with Crippen molar-refractivity contribution < 1.29 is 29.3 Å². The number of ether oxygens (including phenoxy) is 2. The summed E-state index contributed by atoms with van der Waals surface area (Å²) in [6.07, 6.45) is 19.1. The van der Waals surface area contributed by atoms with E-state index in [1.165, 1.54) is 90.6 Å². The maximum absolute atomic E-state index is 11.9. The number of hydrogen-bond acceptors (Lipinski definition) is 4. The van der Waals surface area contributed by atoms with Gasteiger partial charge in [-0.15, -0.1) is 0 Å². The monoisotopic (exact) mass is 606 g/mol. The first kappa shape index (κ1) is 34.5. The van der Waals surface area contributed by atoms with Crippen LogP contribution in [0.25, 0.3) is 5.57 Å². The van der Waals surface area contributed by atoms with Gasteiger partial charge in [-0.1, -0.05) is 113 Å². The molecule has 0 spiro atoms. The molecular formula is C33H44Cl2O6. The van der Waals surface area contributed by atoms with Crippen molar-refractivity contribution in [2.45, 2.75) is 96.8 Å². The van der Waals surface area contributed by atoms with Gasteiger partial charge in [0.25, 0.3) is 0 Å². The second-order valence-electron chi connectivity index (χ2n) is 10.3. The predicted octanol–water partition coefficient (Wildman–Crippen LogP) is 10.3. The van der Waals surface area contributed by atoms with Gasteiger partial charge in [-0.2, -0.15) is 0 Å². The fourth-order valence-corrected chi connectivity index (χ4v) is 5.63. The Morgan fingerprint density at radius 2 is 1.02 bits per heavy atom. The molecule has 0 saturated heterocycles. The van der Waals surface area contributed by atoms with Crippen LogP contribution in [0.1, 0.15) is 129 Å². The lowest BCUT2D eigenvalue weighted by Gasteiger charge is -2.16. The molecule has 0 aliphatic heterocycles. The van der Waals surface area contributed by atoms with Crippen LogP contribution in [0, 0.1) is 0 Å². The molecule has 0 aliphatic rings.